The molecule has 0 saturated heterocycles. The second-order valence-electron chi connectivity index (χ2n) is 5.15. The fourth-order valence-corrected chi connectivity index (χ4v) is 3.02. The minimum atomic E-state index is 0.246. The highest BCUT2D eigenvalue weighted by molar-refractivity contribution is 9.10. The molecule has 21 heavy (non-hydrogen) atoms. The van der Waals surface area contributed by atoms with Crippen LogP contribution in [0.1, 0.15) is 24.9 Å². The van der Waals surface area contributed by atoms with Crippen molar-refractivity contribution < 1.29 is 4.74 Å². The van der Waals surface area contributed by atoms with Crippen LogP contribution in [-0.2, 0) is 0 Å². The standard InChI is InChI=1S/C17H17BrN2O/c1-12-10-17(13-4-3-5-14(18)11-13)20(19-12)15-6-8-16(21-2)9-7-15/h3-9,11,17H,10H2,1-2H3/t17-/m0/s1. The highest BCUT2D eigenvalue weighted by atomic mass is 79.9. The summed E-state index contributed by atoms with van der Waals surface area (Å²) < 4.78 is 6.32. The Kier molecular flexibility index (Phi) is 3.97. The topological polar surface area (TPSA) is 24.8 Å². The van der Waals surface area contributed by atoms with E-state index in [2.05, 4.69) is 46.1 Å². The summed E-state index contributed by atoms with van der Waals surface area (Å²) in [5, 5.41) is 6.79. The fourth-order valence-electron chi connectivity index (χ4n) is 2.61. The lowest BCUT2D eigenvalue weighted by molar-refractivity contribution is 0.415. The number of hydrogen-bond donors (Lipinski definition) is 0. The number of rotatable bonds is 3. The number of ether oxygens (including phenoxy) is 1. The third-order valence-corrected chi connectivity index (χ3v) is 4.13. The molecule has 0 spiro atoms. The molecule has 1 atom stereocenters. The van der Waals surface area contributed by atoms with Crippen molar-refractivity contribution in [2.75, 3.05) is 12.1 Å². The Morgan fingerprint density at radius 2 is 1.95 bits per heavy atom. The van der Waals surface area contributed by atoms with Crippen LogP contribution in [0.2, 0.25) is 0 Å². The summed E-state index contributed by atoms with van der Waals surface area (Å²) in [5.74, 6) is 0.859. The van der Waals surface area contributed by atoms with Crippen LogP contribution in [-0.4, -0.2) is 12.8 Å². The molecular formula is C17H17BrN2O. The Balaban J connectivity index is 1.94. The molecule has 108 valence electrons. The van der Waals surface area contributed by atoms with E-state index >= 15 is 0 Å². The number of benzene rings is 2. The van der Waals surface area contributed by atoms with E-state index in [4.69, 9.17) is 9.84 Å². The average Bonchev–Trinajstić information content (AvgIpc) is 2.89. The second-order valence-corrected chi connectivity index (χ2v) is 6.07. The summed E-state index contributed by atoms with van der Waals surface area (Å²) in [4.78, 5) is 0. The van der Waals surface area contributed by atoms with E-state index in [1.54, 1.807) is 7.11 Å². The van der Waals surface area contributed by atoms with Crippen LogP contribution in [0.3, 0.4) is 0 Å². The normalized spacial score (nSPS) is 17.8. The van der Waals surface area contributed by atoms with Crippen molar-refractivity contribution in [1.82, 2.24) is 0 Å². The maximum atomic E-state index is 5.22. The molecular weight excluding hydrogens is 328 g/mol. The van der Waals surface area contributed by atoms with Crippen molar-refractivity contribution >= 4 is 27.3 Å². The molecule has 0 amide bonds. The number of hydrogen-bond acceptors (Lipinski definition) is 3. The molecule has 2 aromatic carbocycles. The van der Waals surface area contributed by atoms with Crippen molar-refractivity contribution in [3.05, 3.63) is 58.6 Å². The SMILES string of the molecule is COc1ccc(N2N=C(C)C[C@H]2c2cccc(Br)c2)cc1. The number of halogens is 1. The van der Waals surface area contributed by atoms with Crippen molar-refractivity contribution in [3.8, 4) is 5.75 Å². The molecule has 0 aliphatic carbocycles. The largest absolute Gasteiger partial charge is 0.497 e. The maximum Gasteiger partial charge on any atom is 0.119 e. The van der Waals surface area contributed by atoms with Gasteiger partial charge in [-0.25, -0.2) is 0 Å². The molecule has 3 nitrogen and oxygen atoms in total. The number of methoxy groups -OCH3 is 1. The van der Waals surface area contributed by atoms with Gasteiger partial charge in [-0.3, -0.25) is 5.01 Å². The molecule has 0 N–H and O–H groups in total. The highest BCUT2D eigenvalue weighted by Crippen LogP contribution is 2.36. The zero-order chi connectivity index (χ0) is 14.8. The smallest absolute Gasteiger partial charge is 0.119 e. The minimum absolute atomic E-state index is 0.246. The van der Waals surface area contributed by atoms with Crippen molar-refractivity contribution in [2.24, 2.45) is 5.10 Å². The number of anilines is 1. The molecule has 4 heteroatoms. The van der Waals surface area contributed by atoms with Gasteiger partial charge in [0.05, 0.1) is 18.8 Å². The third kappa shape index (κ3) is 2.95. The van der Waals surface area contributed by atoms with Crippen LogP contribution in [0.4, 0.5) is 5.69 Å². The Morgan fingerprint density at radius 3 is 2.62 bits per heavy atom. The molecule has 0 aromatic heterocycles. The van der Waals surface area contributed by atoms with E-state index in [9.17, 15) is 0 Å². The van der Waals surface area contributed by atoms with Crippen LogP contribution < -0.4 is 9.75 Å². The zero-order valence-corrected chi connectivity index (χ0v) is 13.7. The molecule has 1 aliphatic heterocycles. The van der Waals surface area contributed by atoms with E-state index in [0.29, 0.717) is 0 Å². The highest BCUT2D eigenvalue weighted by Gasteiger charge is 2.27. The molecule has 2 aromatic rings. The lowest BCUT2D eigenvalue weighted by Crippen LogP contribution is -2.18. The van der Waals surface area contributed by atoms with Crippen molar-refractivity contribution in [1.29, 1.82) is 0 Å². The number of hydrazone groups is 1. The van der Waals surface area contributed by atoms with Gasteiger partial charge in [0.25, 0.3) is 0 Å². The van der Waals surface area contributed by atoms with Crippen LogP contribution in [0, 0.1) is 0 Å². The van der Waals surface area contributed by atoms with E-state index in [-0.39, 0.29) is 6.04 Å². The first-order valence-corrected chi connectivity index (χ1v) is 7.69. The third-order valence-electron chi connectivity index (χ3n) is 3.63. The summed E-state index contributed by atoms with van der Waals surface area (Å²) >= 11 is 3.55. The van der Waals surface area contributed by atoms with Crippen molar-refractivity contribution in [2.45, 2.75) is 19.4 Å². The quantitative estimate of drug-likeness (QED) is 0.799. The van der Waals surface area contributed by atoms with Gasteiger partial charge in [-0.05, 0) is 48.9 Å². The molecule has 0 bridgehead atoms. The first-order chi connectivity index (χ1) is 10.2. The first-order valence-electron chi connectivity index (χ1n) is 6.90. The van der Waals surface area contributed by atoms with Crippen LogP contribution in [0.25, 0.3) is 0 Å². The predicted octanol–water partition coefficient (Wildman–Crippen LogP) is 4.79. The van der Waals surface area contributed by atoms with Crippen molar-refractivity contribution in [3.63, 3.8) is 0 Å². The van der Waals surface area contributed by atoms with E-state index < -0.39 is 0 Å². The lowest BCUT2D eigenvalue weighted by atomic mass is 10.0. The minimum Gasteiger partial charge on any atom is -0.497 e. The summed E-state index contributed by atoms with van der Waals surface area (Å²) in [6.07, 6.45) is 0.947. The maximum absolute atomic E-state index is 5.22. The van der Waals surface area contributed by atoms with Gasteiger partial charge < -0.3 is 4.74 Å². The lowest BCUT2D eigenvalue weighted by Gasteiger charge is -2.24. The van der Waals surface area contributed by atoms with Gasteiger partial charge in [0.1, 0.15) is 5.75 Å². The molecule has 3 rings (SSSR count). The van der Waals surface area contributed by atoms with Gasteiger partial charge in [-0.15, -0.1) is 0 Å². The predicted molar refractivity (Wildman–Crippen MR) is 90.1 cm³/mol. The molecule has 0 radical (unpaired) electrons. The van der Waals surface area contributed by atoms with Gasteiger partial charge in [0.15, 0.2) is 0 Å². The molecule has 1 aliphatic rings. The molecule has 0 saturated carbocycles. The summed E-state index contributed by atoms with van der Waals surface area (Å²) in [6.45, 7) is 2.08. The van der Waals surface area contributed by atoms with E-state index in [1.165, 1.54) is 5.56 Å². The first kappa shape index (κ1) is 14.1. The van der Waals surface area contributed by atoms with Gasteiger partial charge in [-0.1, -0.05) is 28.1 Å². The van der Waals surface area contributed by atoms with Gasteiger partial charge >= 0.3 is 0 Å². The molecule has 0 fully saturated rings. The second kappa shape index (κ2) is 5.90. The Morgan fingerprint density at radius 1 is 1.19 bits per heavy atom. The van der Waals surface area contributed by atoms with Crippen LogP contribution >= 0.6 is 15.9 Å². The van der Waals surface area contributed by atoms with Gasteiger partial charge in [-0.2, -0.15) is 5.10 Å². The molecule has 0 unspecified atom stereocenters. The average molecular weight is 345 g/mol. The van der Waals surface area contributed by atoms with Gasteiger partial charge in [0.2, 0.25) is 0 Å². The summed E-state index contributed by atoms with van der Waals surface area (Å²) in [7, 11) is 1.68. The number of nitrogens with zero attached hydrogens (tertiary/aromatic N) is 2. The monoisotopic (exact) mass is 344 g/mol. The Hall–Kier alpha value is -1.81. The van der Waals surface area contributed by atoms with Crippen LogP contribution in [0.5, 0.6) is 5.75 Å². The fraction of sp³-hybridized carbons (Fsp3) is 0.235. The van der Waals surface area contributed by atoms with E-state index in [1.807, 2.05) is 30.3 Å². The summed E-state index contributed by atoms with van der Waals surface area (Å²) in [6, 6.07) is 16.7. The summed E-state index contributed by atoms with van der Waals surface area (Å²) in [5.41, 5.74) is 3.49. The zero-order valence-electron chi connectivity index (χ0n) is 12.1. The van der Waals surface area contributed by atoms with Gasteiger partial charge in [0, 0.05) is 16.6 Å². The Bertz CT molecular complexity index is 667. The molecule has 1 heterocycles. The Labute approximate surface area is 133 Å². The van der Waals surface area contributed by atoms with Crippen LogP contribution in [0.15, 0.2) is 58.1 Å². The van der Waals surface area contributed by atoms with E-state index in [0.717, 1.165) is 28.0 Å².